The molecule has 0 aliphatic carbocycles. The smallest absolute Gasteiger partial charge is 0.179 e. The number of ether oxygens (including phenoxy) is 1. The third-order valence-corrected chi connectivity index (χ3v) is 4.21. The largest absolute Gasteiger partial charge is 0.381 e. The van der Waals surface area contributed by atoms with Crippen molar-refractivity contribution in [2.45, 2.75) is 39.2 Å². The highest BCUT2D eigenvalue weighted by Crippen LogP contribution is 2.33. The minimum atomic E-state index is 0.00618. The summed E-state index contributed by atoms with van der Waals surface area (Å²) in [6.45, 7) is 7.87. The lowest BCUT2D eigenvalue weighted by molar-refractivity contribution is 0.0281. The van der Waals surface area contributed by atoms with Gasteiger partial charge in [-0.1, -0.05) is 0 Å². The SMILES string of the molecule is Cc1cc(C(=O)CCl)c(C)n1C1(C)CCOCC1. The fourth-order valence-corrected chi connectivity index (χ4v) is 3.13. The molecule has 1 aliphatic rings. The molecule has 0 unspecified atom stereocenters. The number of hydrogen-bond donors (Lipinski definition) is 0. The van der Waals surface area contributed by atoms with Gasteiger partial charge < -0.3 is 9.30 Å². The van der Waals surface area contributed by atoms with Crippen LogP contribution in [0.25, 0.3) is 0 Å². The average Bonchev–Trinajstić information content (AvgIpc) is 2.65. The molecule has 4 heteroatoms. The predicted molar refractivity (Wildman–Crippen MR) is 72.7 cm³/mol. The number of carbonyl (C=O) groups is 1. The van der Waals surface area contributed by atoms with Crippen LogP contribution in [0.15, 0.2) is 6.07 Å². The molecule has 0 N–H and O–H groups in total. The van der Waals surface area contributed by atoms with Gasteiger partial charge in [-0.25, -0.2) is 0 Å². The van der Waals surface area contributed by atoms with Crippen LogP contribution in [-0.2, 0) is 10.3 Å². The number of ketones is 1. The fourth-order valence-electron chi connectivity index (χ4n) is 2.98. The van der Waals surface area contributed by atoms with Gasteiger partial charge in [-0.15, -0.1) is 11.6 Å². The number of halogens is 1. The third kappa shape index (κ3) is 2.21. The zero-order chi connectivity index (χ0) is 13.3. The Morgan fingerprint density at radius 2 is 2.06 bits per heavy atom. The number of hydrogen-bond acceptors (Lipinski definition) is 2. The van der Waals surface area contributed by atoms with Gasteiger partial charge >= 0.3 is 0 Å². The monoisotopic (exact) mass is 269 g/mol. The van der Waals surface area contributed by atoms with Gasteiger partial charge in [-0.2, -0.15) is 0 Å². The van der Waals surface area contributed by atoms with Gasteiger partial charge in [0.25, 0.3) is 0 Å². The number of rotatable bonds is 3. The molecule has 2 rings (SSSR count). The molecule has 2 heterocycles. The number of carbonyl (C=O) groups excluding carboxylic acids is 1. The van der Waals surface area contributed by atoms with Crippen LogP contribution in [0.2, 0.25) is 0 Å². The van der Waals surface area contributed by atoms with Crippen LogP contribution < -0.4 is 0 Å². The lowest BCUT2D eigenvalue weighted by Crippen LogP contribution is -2.38. The molecule has 3 nitrogen and oxygen atoms in total. The topological polar surface area (TPSA) is 31.2 Å². The van der Waals surface area contributed by atoms with Crippen LogP contribution in [0.1, 0.15) is 41.5 Å². The normalized spacial score (nSPS) is 18.9. The summed E-state index contributed by atoms with van der Waals surface area (Å²) in [7, 11) is 0. The average molecular weight is 270 g/mol. The molecule has 1 fully saturated rings. The molecule has 0 saturated carbocycles. The molecule has 0 bridgehead atoms. The van der Waals surface area contributed by atoms with Crippen molar-refractivity contribution < 1.29 is 9.53 Å². The molecule has 0 spiro atoms. The maximum Gasteiger partial charge on any atom is 0.179 e. The summed E-state index contributed by atoms with van der Waals surface area (Å²) < 4.78 is 7.73. The standard InChI is InChI=1S/C14H20ClNO2/c1-10-8-12(13(17)9-15)11(2)16(10)14(3)4-6-18-7-5-14/h8H,4-7,9H2,1-3H3. The van der Waals surface area contributed by atoms with E-state index in [0.29, 0.717) is 0 Å². The van der Waals surface area contributed by atoms with E-state index in [9.17, 15) is 4.79 Å². The molecule has 0 aromatic carbocycles. The number of aryl methyl sites for hydroxylation is 1. The second kappa shape index (κ2) is 5.06. The number of alkyl halides is 1. The third-order valence-electron chi connectivity index (χ3n) is 3.96. The molecule has 0 atom stereocenters. The van der Waals surface area contributed by atoms with Gasteiger partial charge in [0.1, 0.15) is 0 Å². The first kappa shape index (κ1) is 13.6. The van der Waals surface area contributed by atoms with E-state index in [0.717, 1.165) is 43.0 Å². The van der Waals surface area contributed by atoms with Crippen molar-refractivity contribution in [1.29, 1.82) is 0 Å². The van der Waals surface area contributed by atoms with Crippen LogP contribution in [0.5, 0.6) is 0 Å². The summed E-state index contributed by atoms with van der Waals surface area (Å²) in [6, 6.07) is 1.96. The van der Waals surface area contributed by atoms with E-state index in [1.54, 1.807) is 0 Å². The number of aromatic nitrogens is 1. The Hall–Kier alpha value is -0.800. The second-order valence-corrected chi connectivity index (χ2v) is 5.55. The summed E-state index contributed by atoms with van der Waals surface area (Å²) in [5, 5.41) is 0. The van der Waals surface area contributed by atoms with Crippen molar-refractivity contribution >= 4 is 17.4 Å². The zero-order valence-corrected chi connectivity index (χ0v) is 12.0. The lowest BCUT2D eigenvalue weighted by Gasteiger charge is -2.37. The molecule has 18 heavy (non-hydrogen) atoms. The molecule has 1 saturated heterocycles. The Morgan fingerprint density at radius 3 is 2.61 bits per heavy atom. The van der Waals surface area contributed by atoms with Crippen LogP contribution in [0, 0.1) is 13.8 Å². The van der Waals surface area contributed by atoms with Gasteiger partial charge in [-0.05, 0) is 39.7 Å². The first-order valence-electron chi connectivity index (χ1n) is 6.36. The van der Waals surface area contributed by atoms with Gasteiger partial charge in [0.05, 0.1) is 5.88 Å². The molecule has 0 amide bonds. The number of nitrogens with zero attached hydrogens (tertiary/aromatic N) is 1. The van der Waals surface area contributed by atoms with Crippen molar-refractivity contribution in [3.05, 3.63) is 23.0 Å². The summed E-state index contributed by atoms with van der Waals surface area (Å²) >= 11 is 5.66. The zero-order valence-electron chi connectivity index (χ0n) is 11.3. The van der Waals surface area contributed by atoms with Gasteiger partial charge in [-0.3, -0.25) is 4.79 Å². The second-order valence-electron chi connectivity index (χ2n) is 5.29. The van der Waals surface area contributed by atoms with E-state index in [4.69, 9.17) is 16.3 Å². The Bertz CT molecular complexity index is 459. The van der Waals surface area contributed by atoms with Crippen molar-refractivity contribution in [2.24, 2.45) is 0 Å². The van der Waals surface area contributed by atoms with Gasteiger partial charge in [0.2, 0.25) is 0 Å². The molecule has 0 radical (unpaired) electrons. The highest BCUT2D eigenvalue weighted by molar-refractivity contribution is 6.30. The van der Waals surface area contributed by atoms with E-state index in [2.05, 4.69) is 18.4 Å². The van der Waals surface area contributed by atoms with Crippen molar-refractivity contribution in [1.82, 2.24) is 4.57 Å². The van der Waals surface area contributed by atoms with Gasteiger partial charge in [0.15, 0.2) is 5.78 Å². The fraction of sp³-hybridized carbons (Fsp3) is 0.643. The van der Waals surface area contributed by atoms with E-state index in [1.165, 1.54) is 0 Å². The summed E-state index contributed by atoms with van der Waals surface area (Å²) in [5.74, 6) is 0.0519. The van der Waals surface area contributed by atoms with E-state index < -0.39 is 0 Å². The van der Waals surface area contributed by atoms with Crippen molar-refractivity contribution in [3.8, 4) is 0 Å². The first-order chi connectivity index (χ1) is 8.49. The minimum Gasteiger partial charge on any atom is -0.381 e. The van der Waals surface area contributed by atoms with Crippen molar-refractivity contribution in [3.63, 3.8) is 0 Å². The Balaban J connectivity index is 2.44. The highest BCUT2D eigenvalue weighted by atomic mass is 35.5. The molecule has 100 valence electrons. The first-order valence-corrected chi connectivity index (χ1v) is 6.89. The molecule has 1 aliphatic heterocycles. The quantitative estimate of drug-likeness (QED) is 0.624. The van der Waals surface area contributed by atoms with Crippen molar-refractivity contribution in [2.75, 3.05) is 19.1 Å². The van der Waals surface area contributed by atoms with Crippen LogP contribution in [0.3, 0.4) is 0 Å². The molecule has 1 aromatic heterocycles. The molecular formula is C14H20ClNO2. The molecular weight excluding hydrogens is 250 g/mol. The van der Waals surface area contributed by atoms with Crippen LogP contribution >= 0.6 is 11.6 Å². The Morgan fingerprint density at radius 1 is 1.44 bits per heavy atom. The summed E-state index contributed by atoms with van der Waals surface area (Å²) in [5.41, 5.74) is 2.97. The van der Waals surface area contributed by atoms with Gasteiger partial charge in [0, 0.05) is 35.7 Å². The highest BCUT2D eigenvalue weighted by Gasteiger charge is 2.32. The maximum atomic E-state index is 11.8. The van der Waals surface area contributed by atoms with E-state index in [-0.39, 0.29) is 17.2 Å². The Kier molecular flexibility index (Phi) is 3.83. The van der Waals surface area contributed by atoms with Crippen LogP contribution in [0.4, 0.5) is 0 Å². The van der Waals surface area contributed by atoms with Crippen LogP contribution in [-0.4, -0.2) is 29.4 Å². The number of Topliss-reactive ketones (excluding diaryl/α,β-unsaturated/α-hetero) is 1. The lowest BCUT2D eigenvalue weighted by atomic mass is 9.91. The summed E-state index contributed by atoms with van der Waals surface area (Å²) in [4.78, 5) is 11.8. The van der Waals surface area contributed by atoms with E-state index >= 15 is 0 Å². The Labute approximate surface area is 113 Å². The minimum absolute atomic E-state index is 0.00618. The predicted octanol–water partition coefficient (Wildman–Crippen LogP) is 3.05. The summed E-state index contributed by atoms with van der Waals surface area (Å²) in [6.07, 6.45) is 1.97. The maximum absolute atomic E-state index is 11.8. The van der Waals surface area contributed by atoms with E-state index in [1.807, 2.05) is 13.0 Å². The molecule has 1 aromatic rings.